The van der Waals surface area contributed by atoms with Crippen LogP contribution in [0.3, 0.4) is 0 Å². The Balaban J connectivity index is 2.04. The third kappa shape index (κ3) is 3.71. The lowest BCUT2D eigenvalue weighted by Gasteiger charge is -2.19. The number of Topliss-reactive ketones (excluding diaryl/α,β-unsaturated/α-hetero) is 1. The van der Waals surface area contributed by atoms with Crippen LogP contribution in [0.4, 0.5) is 0 Å². The molecule has 1 heterocycles. The Morgan fingerprint density at radius 3 is 2.45 bits per heavy atom. The quantitative estimate of drug-likeness (QED) is 0.567. The zero-order valence-corrected chi connectivity index (χ0v) is 11.9. The molecule has 0 radical (unpaired) electrons. The predicted molar refractivity (Wildman–Crippen MR) is 73.4 cm³/mol. The summed E-state index contributed by atoms with van der Waals surface area (Å²) in [6.07, 6.45) is -0.299. The van der Waals surface area contributed by atoms with Gasteiger partial charge in [-0.3, -0.25) is 4.79 Å². The van der Waals surface area contributed by atoms with Crippen LogP contribution in [0, 0.1) is 0 Å². The second-order valence-electron chi connectivity index (χ2n) is 4.33. The van der Waals surface area contributed by atoms with E-state index in [1.165, 1.54) is 0 Å². The molecule has 2 rings (SSSR count). The smallest absolute Gasteiger partial charge is 0.168 e. The average Bonchev–Trinajstić information content (AvgIpc) is 2.47. The molecule has 0 aromatic heterocycles. The summed E-state index contributed by atoms with van der Waals surface area (Å²) in [5, 5.41) is 0. The molecule has 0 atom stereocenters. The highest BCUT2D eigenvalue weighted by Gasteiger charge is 2.18. The minimum atomic E-state index is -0.495. The van der Waals surface area contributed by atoms with E-state index in [0.717, 1.165) is 0 Å². The van der Waals surface area contributed by atoms with Crippen LogP contribution in [-0.2, 0) is 9.47 Å². The number of benzene rings is 1. The van der Waals surface area contributed by atoms with E-state index < -0.39 is 6.29 Å². The summed E-state index contributed by atoms with van der Waals surface area (Å²) in [5.74, 6) is 1.26. The number of rotatable bonds is 7. The maximum atomic E-state index is 12.2. The van der Waals surface area contributed by atoms with Gasteiger partial charge in [-0.25, -0.2) is 0 Å². The molecular formula is C15H20O5. The van der Waals surface area contributed by atoms with E-state index in [9.17, 15) is 4.79 Å². The van der Waals surface area contributed by atoms with E-state index in [-0.39, 0.29) is 12.2 Å². The van der Waals surface area contributed by atoms with Crippen molar-refractivity contribution in [2.45, 2.75) is 26.6 Å². The second kappa shape index (κ2) is 7.26. The van der Waals surface area contributed by atoms with Crippen molar-refractivity contribution in [3.05, 3.63) is 23.8 Å². The number of hydrogen-bond acceptors (Lipinski definition) is 5. The molecule has 1 aliphatic rings. The fourth-order valence-electron chi connectivity index (χ4n) is 2.02. The zero-order valence-electron chi connectivity index (χ0n) is 11.9. The van der Waals surface area contributed by atoms with Gasteiger partial charge >= 0.3 is 0 Å². The normalized spacial score (nSPS) is 13.6. The summed E-state index contributed by atoms with van der Waals surface area (Å²) in [6.45, 7) is 5.82. The summed E-state index contributed by atoms with van der Waals surface area (Å²) in [6, 6.07) is 5.22. The largest absolute Gasteiger partial charge is 0.486 e. The molecule has 0 unspecified atom stereocenters. The number of carbonyl (C=O) groups is 1. The summed E-state index contributed by atoms with van der Waals surface area (Å²) >= 11 is 0. The van der Waals surface area contributed by atoms with Crippen LogP contribution in [0.25, 0.3) is 0 Å². The molecule has 0 amide bonds. The van der Waals surface area contributed by atoms with Crippen molar-refractivity contribution in [3.8, 4) is 11.5 Å². The van der Waals surface area contributed by atoms with Crippen LogP contribution < -0.4 is 9.47 Å². The van der Waals surface area contributed by atoms with E-state index in [1.54, 1.807) is 18.2 Å². The van der Waals surface area contributed by atoms with Crippen molar-refractivity contribution in [1.29, 1.82) is 0 Å². The second-order valence-corrected chi connectivity index (χ2v) is 4.33. The predicted octanol–water partition coefficient (Wildman–Crippen LogP) is 2.43. The maximum Gasteiger partial charge on any atom is 0.168 e. The van der Waals surface area contributed by atoms with Gasteiger partial charge in [0.1, 0.15) is 13.2 Å². The Morgan fingerprint density at radius 2 is 1.80 bits per heavy atom. The molecule has 0 fully saturated rings. The van der Waals surface area contributed by atoms with Crippen molar-refractivity contribution in [2.24, 2.45) is 0 Å². The third-order valence-corrected chi connectivity index (χ3v) is 2.92. The van der Waals surface area contributed by atoms with Crippen molar-refractivity contribution >= 4 is 5.78 Å². The first-order valence-corrected chi connectivity index (χ1v) is 6.90. The minimum Gasteiger partial charge on any atom is -0.486 e. The molecular weight excluding hydrogens is 260 g/mol. The Morgan fingerprint density at radius 1 is 1.15 bits per heavy atom. The first-order chi connectivity index (χ1) is 9.74. The van der Waals surface area contributed by atoms with Gasteiger partial charge in [-0.2, -0.15) is 0 Å². The summed E-state index contributed by atoms with van der Waals surface area (Å²) in [7, 11) is 0. The zero-order chi connectivity index (χ0) is 14.4. The molecule has 5 heteroatoms. The molecule has 0 saturated heterocycles. The van der Waals surface area contributed by atoms with Crippen LogP contribution in [0.1, 0.15) is 30.6 Å². The van der Waals surface area contributed by atoms with Crippen LogP contribution in [0.5, 0.6) is 11.5 Å². The van der Waals surface area contributed by atoms with Gasteiger partial charge in [0, 0.05) is 18.8 Å². The minimum absolute atomic E-state index is 0.0335. The molecule has 0 aliphatic carbocycles. The Bertz CT molecular complexity index is 452. The van der Waals surface area contributed by atoms with Crippen molar-refractivity contribution in [1.82, 2.24) is 0 Å². The van der Waals surface area contributed by atoms with E-state index >= 15 is 0 Å². The summed E-state index contributed by atoms with van der Waals surface area (Å²) in [5.41, 5.74) is 0.582. The molecule has 110 valence electrons. The van der Waals surface area contributed by atoms with Gasteiger partial charge in [0.05, 0.1) is 6.42 Å². The van der Waals surface area contributed by atoms with Crippen LogP contribution >= 0.6 is 0 Å². The third-order valence-electron chi connectivity index (χ3n) is 2.92. The molecule has 1 aromatic rings. The van der Waals surface area contributed by atoms with E-state index in [1.807, 2.05) is 13.8 Å². The van der Waals surface area contributed by atoms with E-state index in [0.29, 0.717) is 43.5 Å². The lowest BCUT2D eigenvalue weighted by molar-refractivity contribution is -0.133. The first-order valence-electron chi connectivity index (χ1n) is 6.90. The van der Waals surface area contributed by atoms with Gasteiger partial charge in [-0.05, 0) is 32.0 Å². The number of hydrogen-bond donors (Lipinski definition) is 0. The number of ether oxygens (including phenoxy) is 4. The van der Waals surface area contributed by atoms with Crippen LogP contribution in [0.2, 0.25) is 0 Å². The highest BCUT2D eigenvalue weighted by atomic mass is 16.7. The van der Waals surface area contributed by atoms with Gasteiger partial charge in [-0.15, -0.1) is 0 Å². The van der Waals surface area contributed by atoms with Gasteiger partial charge in [-0.1, -0.05) is 0 Å². The van der Waals surface area contributed by atoms with Gasteiger partial charge in [0.25, 0.3) is 0 Å². The molecule has 5 nitrogen and oxygen atoms in total. The molecule has 0 spiro atoms. The van der Waals surface area contributed by atoms with E-state index in [2.05, 4.69) is 0 Å². The molecule has 0 saturated carbocycles. The maximum absolute atomic E-state index is 12.2. The molecule has 1 aromatic carbocycles. The molecule has 0 N–H and O–H groups in total. The average molecular weight is 280 g/mol. The van der Waals surface area contributed by atoms with Crippen LogP contribution in [0.15, 0.2) is 18.2 Å². The lowest BCUT2D eigenvalue weighted by atomic mass is 10.1. The van der Waals surface area contributed by atoms with Crippen LogP contribution in [-0.4, -0.2) is 38.5 Å². The van der Waals surface area contributed by atoms with Crippen molar-refractivity contribution < 1.29 is 23.7 Å². The Labute approximate surface area is 118 Å². The van der Waals surface area contributed by atoms with Crippen molar-refractivity contribution in [2.75, 3.05) is 26.4 Å². The number of fused-ring (bicyclic) bond motifs is 1. The monoisotopic (exact) mass is 280 g/mol. The first kappa shape index (κ1) is 14.8. The highest BCUT2D eigenvalue weighted by molar-refractivity contribution is 5.96. The molecule has 0 bridgehead atoms. The van der Waals surface area contributed by atoms with E-state index in [4.69, 9.17) is 18.9 Å². The summed E-state index contributed by atoms with van der Waals surface area (Å²) < 4.78 is 21.7. The molecule has 1 aliphatic heterocycles. The number of carbonyl (C=O) groups excluding carboxylic acids is 1. The topological polar surface area (TPSA) is 54.0 Å². The van der Waals surface area contributed by atoms with Crippen molar-refractivity contribution in [3.63, 3.8) is 0 Å². The Kier molecular flexibility index (Phi) is 5.38. The Hall–Kier alpha value is -1.59. The fourth-order valence-corrected chi connectivity index (χ4v) is 2.02. The highest BCUT2D eigenvalue weighted by Crippen LogP contribution is 2.31. The molecule has 20 heavy (non-hydrogen) atoms. The SMILES string of the molecule is CCOC(CC(=O)c1ccc2c(c1)OCCO2)OCC. The summed E-state index contributed by atoms with van der Waals surface area (Å²) in [4.78, 5) is 12.2. The van der Waals surface area contributed by atoms with Gasteiger partial charge < -0.3 is 18.9 Å². The van der Waals surface area contributed by atoms with Gasteiger partial charge in [0.2, 0.25) is 0 Å². The fraction of sp³-hybridized carbons (Fsp3) is 0.533. The standard InChI is InChI=1S/C15H20O5/c1-3-17-15(18-4-2)10-12(16)11-5-6-13-14(9-11)20-8-7-19-13/h5-6,9,15H,3-4,7-8,10H2,1-2H3. The van der Waals surface area contributed by atoms with Gasteiger partial charge in [0.15, 0.2) is 23.6 Å². The lowest BCUT2D eigenvalue weighted by Crippen LogP contribution is -2.22. The number of ketones is 1.